The van der Waals surface area contributed by atoms with Crippen LogP contribution >= 0.6 is 0 Å². The van der Waals surface area contributed by atoms with E-state index in [0.717, 1.165) is 0 Å². The summed E-state index contributed by atoms with van der Waals surface area (Å²) in [6.07, 6.45) is -1.15. The Morgan fingerprint density at radius 3 is 1.83 bits per heavy atom. The van der Waals surface area contributed by atoms with E-state index in [4.69, 9.17) is 9.57 Å². The summed E-state index contributed by atoms with van der Waals surface area (Å²) in [5.74, 6) is -0.772. The molecule has 128 valence electrons. The smallest absolute Gasteiger partial charge is 0.434 e. The van der Waals surface area contributed by atoms with Crippen molar-refractivity contribution in [2.24, 2.45) is 0 Å². The first-order valence-electron chi connectivity index (χ1n) is 7.22. The van der Waals surface area contributed by atoms with Crippen LogP contribution in [0.4, 0.5) is 9.59 Å². The number of hydrogen-bond acceptors (Lipinski definition) is 6. The molecule has 1 aliphatic heterocycles. The van der Waals surface area contributed by atoms with E-state index in [0.29, 0.717) is 17.8 Å². The highest BCUT2D eigenvalue weighted by molar-refractivity contribution is 5.70. The van der Waals surface area contributed by atoms with Gasteiger partial charge in [-0.05, 0) is 20.8 Å². The number of carbonyl (C=O) groups is 2. The molecular weight excluding hydrogens is 306 g/mol. The maximum Gasteiger partial charge on any atom is 0.434 e. The lowest BCUT2D eigenvalue weighted by Gasteiger charge is -2.34. The van der Waals surface area contributed by atoms with Crippen molar-refractivity contribution in [1.29, 1.82) is 0 Å². The molecule has 0 aliphatic carbocycles. The Morgan fingerprint density at radius 1 is 0.957 bits per heavy atom. The number of carbonyl (C=O) groups excluding carboxylic acids is 2. The molecule has 1 aromatic heterocycles. The fourth-order valence-corrected chi connectivity index (χ4v) is 2.03. The Balaban J connectivity index is 1.87. The number of amides is 2. The van der Waals surface area contributed by atoms with Gasteiger partial charge in [0.2, 0.25) is 11.8 Å². The highest BCUT2D eigenvalue weighted by Gasteiger charge is 2.29. The molecule has 2 amide bonds. The molecule has 1 fully saturated rings. The molecule has 1 aromatic rings. The fourth-order valence-electron chi connectivity index (χ4n) is 2.03. The maximum absolute atomic E-state index is 12.0. The average Bonchev–Trinajstić information content (AvgIpc) is 2.77. The van der Waals surface area contributed by atoms with E-state index in [9.17, 15) is 19.8 Å². The Bertz CT molecular complexity index is 564. The van der Waals surface area contributed by atoms with Crippen molar-refractivity contribution in [2.45, 2.75) is 26.4 Å². The van der Waals surface area contributed by atoms with Crippen LogP contribution in [0.3, 0.4) is 0 Å². The summed E-state index contributed by atoms with van der Waals surface area (Å²) >= 11 is 0. The van der Waals surface area contributed by atoms with E-state index in [1.807, 2.05) is 0 Å². The van der Waals surface area contributed by atoms with Crippen LogP contribution in [0, 0.1) is 0 Å². The summed E-state index contributed by atoms with van der Waals surface area (Å²) in [6.45, 7) is 6.51. The zero-order valence-electron chi connectivity index (χ0n) is 13.4. The van der Waals surface area contributed by atoms with Crippen LogP contribution in [-0.2, 0) is 4.74 Å². The van der Waals surface area contributed by atoms with Gasteiger partial charge in [-0.3, -0.25) is 0 Å². The molecule has 2 heterocycles. The molecule has 2 rings (SSSR count). The second-order valence-electron chi connectivity index (χ2n) is 6.16. The first-order valence-corrected chi connectivity index (χ1v) is 7.22. The standard InChI is InChI=1S/C14H21N3O6/c1-14(2,3)22-12(20)15-6-8-16(9-7-15)13(21)23-17-10(18)4-5-11(17)19/h4-5,18-19H,6-9H2,1-3H3. The van der Waals surface area contributed by atoms with Gasteiger partial charge in [-0.25, -0.2) is 9.59 Å². The van der Waals surface area contributed by atoms with Gasteiger partial charge in [-0.2, -0.15) is 0 Å². The van der Waals surface area contributed by atoms with Crippen molar-refractivity contribution in [1.82, 2.24) is 14.5 Å². The largest absolute Gasteiger partial charge is 0.492 e. The van der Waals surface area contributed by atoms with Crippen LogP contribution in [0.25, 0.3) is 0 Å². The zero-order chi connectivity index (χ0) is 17.2. The second kappa shape index (κ2) is 6.27. The van der Waals surface area contributed by atoms with Crippen molar-refractivity contribution in [3.63, 3.8) is 0 Å². The number of aromatic hydroxyl groups is 2. The van der Waals surface area contributed by atoms with Crippen LogP contribution in [0.1, 0.15) is 20.8 Å². The van der Waals surface area contributed by atoms with Crippen molar-refractivity contribution in [3.05, 3.63) is 12.1 Å². The van der Waals surface area contributed by atoms with E-state index >= 15 is 0 Å². The number of piperazine rings is 1. The Morgan fingerprint density at radius 2 is 1.39 bits per heavy atom. The topological polar surface area (TPSA) is 104 Å². The molecule has 0 radical (unpaired) electrons. The second-order valence-corrected chi connectivity index (χ2v) is 6.16. The fraction of sp³-hybridized carbons (Fsp3) is 0.571. The normalized spacial score (nSPS) is 15.4. The van der Waals surface area contributed by atoms with Crippen LogP contribution in [0.15, 0.2) is 12.1 Å². The minimum Gasteiger partial charge on any atom is -0.492 e. The van der Waals surface area contributed by atoms with Gasteiger partial charge < -0.3 is 29.6 Å². The van der Waals surface area contributed by atoms with Gasteiger partial charge >= 0.3 is 12.2 Å². The predicted octanol–water partition coefficient (Wildman–Crippen LogP) is 1.00. The highest BCUT2D eigenvalue weighted by Crippen LogP contribution is 2.19. The van der Waals surface area contributed by atoms with Gasteiger partial charge in [0, 0.05) is 38.3 Å². The summed E-state index contributed by atoms with van der Waals surface area (Å²) in [6, 6.07) is 2.39. The lowest BCUT2D eigenvalue weighted by molar-refractivity contribution is 0.0114. The molecule has 0 bridgehead atoms. The van der Waals surface area contributed by atoms with Gasteiger partial charge in [0.05, 0.1) is 0 Å². The minimum atomic E-state index is -0.726. The van der Waals surface area contributed by atoms with Crippen molar-refractivity contribution >= 4 is 12.2 Å². The molecule has 0 aromatic carbocycles. The van der Waals surface area contributed by atoms with E-state index in [1.54, 1.807) is 20.8 Å². The third-order valence-corrected chi connectivity index (χ3v) is 3.16. The summed E-state index contributed by atoms with van der Waals surface area (Å²) in [4.78, 5) is 31.7. The van der Waals surface area contributed by atoms with Crippen LogP contribution in [0.5, 0.6) is 11.8 Å². The summed E-state index contributed by atoms with van der Waals surface area (Å²) in [5.41, 5.74) is -0.573. The molecule has 1 aliphatic rings. The number of hydrogen-bond donors (Lipinski definition) is 2. The quantitative estimate of drug-likeness (QED) is 0.797. The number of nitrogens with zero attached hydrogens (tertiary/aromatic N) is 3. The van der Waals surface area contributed by atoms with E-state index in [1.165, 1.54) is 21.9 Å². The van der Waals surface area contributed by atoms with Crippen LogP contribution < -0.4 is 4.84 Å². The maximum atomic E-state index is 12.0. The Hall–Kier alpha value is -2.58. The molecule has 0 spiro atoms. The molecule has 1 saturated heterocycles. The summed E-state index contributed by atoms with van der Waals surface area (Å²) in [5, 5.41) is 18.9. The monoisotopic (exact) mass is 327 g/mol. The van der Waals surface area contributed by atoms with Crippen molar-refractivity contribution in [3.8, 4) is 11.8 Å². The van der Waals surface area contributed by atoms with Crippen molar-refractivity contribution < 1.29 is 29.4 Å². The van der Waals surface area contributed by atoms with Gasteiger partial charge in [-0.15, -0.1) is 4.73 Å². The first kappa shape index (κ1) is 16.8. The van der Waals surface area contributed by atoms with E-state index in [2.05, 4.69) is 0 Å². The zero-order valence-corrected chi connectivity index (χ0v) is 13.4. The molecular formula is C14H21N3O6. The molecule has 23 heavy (non-hydrogen) atoms. The molecule has 2 N–H and O–H groups in total. The van der Waals surface area contributed by atoms with Crippen LogP contribution in [-0.4, -0.2) is 68.7 Å². The van der Waals surface area contributed by atoms with Gasteiger partial charge in [0.15, 0.2) is 0 Å². The lowest BCUT2D eigenvalue weighted by atomic mass is 10.2. The summed E-state index contributed by atoms with van der Waals surface area (Å²) in [7, 11) is 0. The lowest BCUT2D eigenvalue weighted by Crippen LogP contribution is -2.52. The van der Waals surface area contributed by atoms with Gasteiger partial charge in [-0.1, -0.05) is 0 Å². The third-order valence-electron chi connectivity index (χ3n) is 3.16. The molecule has 0 atom stereocenters. The Kier molecular flexibility index (Phi) is 4.57. The number of rotatable bonds is 1. The number of ether oxygens (including phenoxy) is 1. The predicted molar refractivity (Wildman–Crippen MR) is 79.1 cm³/mol. The SMILES string of the molecule is CC(C)(C)OC(=O)N1CCN(C(=O)On2c(O)ccc2O)CC1. The third kappa shape index (κ3) is 4.21. The van der Waals surface area contributed by atoms with E-state index in [-0.39, 0.29) is 24.8 Å². The number of aromatic nitrogens is 1. The Labute approximate surface area is 133 Å². The molecule has 9 heteroatoms. The van der Waals surface area contributed by atoms with E-state index < -0.39 is 17.8 Å². The van der Waals surface area contributed by atoms with Crippen molar-refractivity contribution in [2.75, 3.05) is 26.2 Å². The van der Waals surface area contributed by atoms with Gasteiger partial charge in [0.1, 0.15) is 5.60 Å². The summed E-state index contributed by atoms with van der Waals surface area (Å²) < 4.78 is 5.90. The molecule has 9 nitrogen and oxygen atoms in total. The van der Waals surface area contributed by atoms with Gasteiger partial charge in [0.25, 0.3) is 0 Å². The molecule has 0 saturated carbocycles. The average molecular weight is 327 g/mol. The minimum absolute atomic E-state index is 0.265. The molecule has 0 unspecified atom stereocenters. The van der Waals surface area contributed by atoms with Crippen LogP contribution in [0.2, 0.25) is 0 Å². The first-order chi connectivity index (χ1) is 10.7. The highest BCUT2D eigenvalue weighted by atomic mass is 16.7.